The van der Waals surface area contributed by atoms with Gasteiger partial charge in [0.05, 0.1) is 18.3 Å². The highest BCUT2D eigenvalue weighted by Gasteiger charge is 2.31. The Morgan fingerprint density at radius 3 is 2.70 bits per heavy atom. The predicted octanol–water partition coefficient (Wildman–Crippen LogP) is 5.19. The number of hydrogen-bond acceptors (Lipinski definition) is 6. The van der Waals surface area contributed by atoms with Crippen molar-refractivity contribution in [3.8, 4) is 0 Å². The first-order valence-corrected chi connectivity index (χ1v) is 12.9. The van der Waals surface area contributed by atoms with E-state index in [4.69, 9.17) is 4.42 Å². The number of fused-ring (bicyclic) bond motifs is 1. The Morgan fingerprint density at radius 2 is 1.92 bits per heavy atom. The number of hydrogen-bond donors (Lipinski definition) is 2. The van der Waals surface area contributed by atoms with Crippen molar-refractivity contribution in [2.45, 2.75) is 57.2 Å². The number of benzene rings is 2. The number of nitrogens with one attached hydrogen (secondary N) is 2. The molecule has 1 aliphatic carbocycles. The molecule has 0 bridgehead atoms. The number of aromatic nitrogens is 5. The minimum absolute atomic E-state index is 0.158. The molecule has 8 nitrogen and oxygen atoms in total. The lowest BCUT2D eigenvalue weighted by Gasteiger charge is -2.25. The van der Waals surface area contributed by atoms with Crippen LogP contribution >= 0.6 is 0 Å². The maximum atomic E-state index is 13.5. The Kier molecular flexibility index (Phi) is 6.40. The van der Waals surface area contributed by atoms with Crippen molar-refractivity contribution in [3.05, 3.63) is 112 Å². The second-order valence-electron chi connectivity index (χ2n) is 9.92. The molecule has 0 radical (unpaired) electrons. The van der Waals surface area contributed by atoms with Gasteiger partial charge in [0.25, 0.3) is 5.56 Å². The van der Waals surface area contributed by atoms with Crippen LogP contribution in [-0.4, -0.2) is 25.2 Å². The Hall–Kier alpha value is -4.04. The van der Waals surface area contributed by atoms with Gasteiger partial charge < -0.3 is 9.40 Å². The largest absolute Gasteiger partial charge is 0.468 e. The second kappa shape index (κ2) is 10.1. The number of furan rings is 1. The molecule has 0 aliphatic heterocycles. The fraction of sp³-hybridized carbons (Fsp3) is 0.310. The third-order valence-corrected chi connectivity index (χ3v) is 7.33. The van der Waals surface area contributed by atoms with Gasteiger partial charge in [-0.25, -0.2) is 4.68 Å². The summed E-state index contributed by atoms with van der Waals surface area (Å²) in [5.41, 5.74) is 3.49. The summed E-state index contributed by atoms with van der Waals surface area (Å²) >= 11 is 0. The van der Waals surface area contributed by atoms with Crippen LogP contribution in [0.25, 0.3) is 10.9 Å². The molecule has 5 aromatic rings. The number of aryl methyl sites for hydroxylation is 1. The molecule has 2 N–H and O–H groups in total. The summed E-state index contributed by atoms with van der Waals surface area (Å²) in [5.74, 6) is 1.44. The summed E-state index contributed by atoms with van der Waals surface area (Å²) in [5, 5.41) is 17.6. The van der Waals surface area contributed by atoms with E-state index in [1.807, 2.05) is 60.1 Å². The molecule has 37 heavy (non-hydrogen) atoms. The van der Waals surface area contributed by atoms with Crippen molar-refractivity contribution in [3.63, 3.8) is 0 Å². The van der Waals surface area contributed by atoms with Crippen LogP contribution in [0.15, 0.2) is 82.2 Å². The number of H-pyrrole nitrogens is 1. The van der Waals surface area contributed by atoms with Crippen molar-refractivity contribution >= 4 is 10.9 Å². The zero-order valence-corrected chi connectivity index (χ0v) is 20.8. The van der Waals surface area contributed by atoms with Crippen LogP contribution < -0.4 is 10.9 Å². The summed E-state index contributed by atoms with van der Waals surface area (Å²) in [4.78, 5) is 16.6. The Labute approximate surface area is 214 Å². The molecule has 3 aromatic heterocycles. The Bertz CT molecular complexity index is 1530. The van der Waals surface area contributed by atoms with Gasteiger partial charge >= 0.3 is 0 Å². The zero-order chi connectivity index (χ0) is 25.2. The van der Waals surface area contributed by atoms with E-state index in [1.54, 1.807) is 6.26 Å². The van der Waals surface area contributed by atoms with E-state index in [-0.39, 0.29) is 17.6 Å². The molecule has 6 rings (SSSR count). The zero-order valence-electron chi connectivity index (χ0n) is 20.8. The van der Waals surface area contributed by atoms with Crippen LogP contribution in [0.5, 0.6) is 0 Å². The SMILES string of the molecule is Cc1ccc2cc(C(NC(Cc3ccccc3)c3ccco3)c3nnnn3C3CCCC3)c(=O)[nH]c2c1. The molecule has 188 valence electrons. The van der Waals surface area contributed by atoms with E-state index in [2.05, 4.69) is 44.0 Å². The quantitative estimate of drug-likeness (QED) is 0.308. The van der Waals surface area contributed by atoms with Gasteiger partial charge in [0.1, 0.15) is 11.8 Å². The fourth-order valence-corrected chi connectivity index (χ4v) is 5.43. The molecule has 1 saturated carbocycles. The van der Waals surface area contributed by atoms with Gasteiger partial charge in [-0.3, -0.25) is 10.1 Å². The highest BCUT2D eigenvalue weighted by Crippen LogP contribution is 2.33. The lowest BCUT2D eigenvalue weighted by Crippen LogP contribution is -2.34. The first kappa shape index (κ1) is 23.4. The average molecular weight is 495 g/mol. The van der Waals surface area contributed by atoms with E-state index in [1.165, 1.54) is 0 Å². The monoisotopic (exact) mass is 494 g/mol. The summed E-state index contributed by atoms with van der Waals surface area (Å²) < 4.78 is 7.78. The molecule has 1 fully saturated rings. The van der Waals surface area contributed by atoms with Gasteiger partial charge in [-0.2, -0.15) is 0 Å². The Balaban J connectivity index is 1.47. The highest BCUT2D eigenvalue weighted by molar-refractivity contribution is 5.79. The van der Waals surface area contributed by atoms with Gasteiger partial charge in [-0.1, -0.05) is 55.3 Å². The fourth-order valence-electron chi connectivity index (χ4n) is 5.43. The molecule has 8 heteroatoms. The molecule has 0 saturated heterocycles. The van der Waals surface area contributed by atoms with E-state index in [0.29, 0.717) is 17.8 Å². The summed E-state index contributed by atoms with van der Waals surface area (Å²) in [6.07, 6.45) is 6.73. The van der Waals surface area contributed by atoms with E-state index in [0.717, 1.165) is 53.5 Å². The van der Waals surface area contributed by atoms with Crippen molar-refractivity contribution in [1.29, 1.82) is 0 Å². The molecular weight excluding hydrogens is 464 g/mol. The van der Waals surface area contributed by atoms with Crippen LogP contribution in [0.4, 0.5) is 0 Å². The summed E-state index contributed by atoms with van der Waals surface area (Å²) in [6, 6.07) is 21.6. The number of pyridine rings is 1. The van der Waals surface area contributed by atoms with Gasteiger partial charge in [-0.05, 0) is 77.4 Å². The van der Waals surface area contributed by atoms with Gasteiger partial charge in [0, 0.05) is 11.1 Å². The lowest BCUT2D eigenvalue weighted by molar-refractivity contribution is 0.363. The highest BCUT2D eigenvalue weighted by atomic mass is 16.3. The molecule has 0 spiro atoms. The number of nitrogens with zero attached hydrogens (tertiary/aromatic N) is 4. The minimum Gasteiger partial charge on any atom is -0.468 e. The third kappa shape index (κ3) is 4.84. The third-order valence-electron chi connectivity index (χ3n) is 7.33. The first-order valence-electron chi connectivity index (χ1n) is 12.9. The Morgan fingerprint density at radius 1 is 1.08 bits per heavy atom. The smallest absolute Gasteiger partial charge is 0.253 e. The van der Waals surface area contributed by atoms with Crippen molar-refractivity contribution in [2.75, 3.05) is 0 Å². The maximum Gasteiger partial charge on any atom is 0.253 e. The van der Waals surface area contributed by atoms with Crippen molar-refractivity contribution < 1.29 is 4.42 Å². The first-order chi connectivity index (χ1) is 18.2. The normalized spacial score (nSPS) is 15.8. The average Bonchev–Trinajstić information content (AvgIpc) is 3.69. The van der Waals surface area contributed by atoms with E-state index >= 15 is 0 Å². The topological polar surface area (TPSA) is 102 Å². The number of rotatable bonds is 8. The van der Waals surface area contributed by atoms with Gasteiger partial charge in [0.2, 0.25) is 0 Å². The van der Waals surface area contributed by atoms with Gasteiger partial charge in [0.15, 0.2) is 5.82 Å². The summed E-state index contributed by atoms with van der Waals surface area (Å²) in [7, 11) is 0. The summed E-state index contributed by atoms with van der Waals surface area (Å²) in [6.45, 7) is 2.02. The predicted molar refractivity (Wildman–Crippen MR) is 141 cm³/mol. The van der Waals surface area contributed by atoms with E-state index in [9.17, 15) is 4.79 Å². The minimum atomic E-state index is -0.538. The van der Waals surface area contributed by atoms with Crippen molar-refractivity contribution in [1.82, 2.24) is 30.5 Å². The van der Waals surface area contributed by atoms with Crippen molar-refractivity contribution in [2.24, 2.45) is 0 Å². The molecule has 1 aliphatic rings. The second-order valence-corrected chi connectivity index (χ2v) is 9.92. The van der Waals surface area contributed by atoms with Crippen LogP contribution in [0, 0.1) is 6.92 Å². The molecule has 2 aromatic carbocycles. The lowest BCUT2D eigenvalue weighted by atomic mass is 9.99. The van der Waals surface area contributed by atoms with Crippen LogP contribution in [0.3, 0.4) is 0 Å². The molecule has 2 atom stereocenters. The molecule has 3 heterocycles. The van der Waals surface area contributed by atoms with E-state index < -0.39 is 6.04 Å². The number of aromatic amines is 1. The van der Waals surface area contributed by atoms with Gasteiger partial charge in [-0.15, -0.1) is 5.10 Å². The molecule has 0 amide bonds. The van der Waals surface area contributed by atoms with Crippen LogP contribution in [-0.2, 0) is 6.42 Å². The standard InChI is InChI=1S/C29H30N6O2/c1-19-13-14-21-18-23(29(36)31-24(21)16-19)27(28-32-33-34-35(28)22-10-5-6-11-22)30-25(26-12-7-15-37-26)17-20-8-3-2-4-9-20/h2-4,7-9,12-16,18,22,25,27,30H,5-6,10-11,17H2,1H3,(H,31,36). The van der Waals surface area contributed by atoms with Crippen LogP contribution in [0.1, 0.15) is 72.1 Å². The maximum absolute atomic E-state index is 13.5. The molecular formula is C29H30N6O2. The number of tetrazole rings is 1. The molecule has 2 unspecified atom stereocenters. The van der Waals surface area contributed by atoms with Crippen LogP contribution in [0.2, 0.25) is 0 Å².